The Bertz CT molecular complexity index is 862. The lowest BCUT2D eigenvalue weighted by atomic mass is 9.92. The number of nitrogens with one attached hydrogen (secondary N) is 2. The van der Waals surface area contributed by atoms with Crippen LogP contribution in [-0.2, 0) is 0 Å². The first kappa shape index (κ1) is 18.8. The summed E-state index contributed by atoms with van der Waals surface area (Å²) in [6, 6.07) is 2.33. The van der Waals surface area contributed by atoms with Crippen LogP contribution < -0.4 is 16.8 Å². The summed E-state index contributed by atoms with van der Waals surface area (Å²) in [7, 11) is 0. The molecule has 0 aliphatic heterocycles. The summed E-state index contributed by atoms with van der Waals surface area (Å²) in [6.45, 7) is 3.72. The van der Waals surface area contributed by atoms with Gasteiger partial charge in [0, 0.05) is 35.4 Å². The number of nitrogens with zero attached hydrogens (tertiary/aromatic N) is 2. The summed E-state index contributed by atoms with van der Waals surface area (Å²) in [5, 5.41) is 5.13. The highest BCUT2D eigenvalue weighted by atomic mass is 35.5. The molecule has 2 aromatic rings. The van der Waals surface area contributed by atoms with Crippen LogP contribution in [0, 0.1) is 0 Å². The smallest absolute Gasteiger partial charge is 0.147 e. The van der Waals surface area contributed by atoms with E-state index in [1.54, 1.807) is 24.5 Å². The van der Waals surface area contributed by atoms with E-state index in [0.29, 0.717) is 32.9 Å². The molecule has 26 heavy (non-hydrogen) atoms. The number of aromatic amines is 1. The quantitative estimate of drug-likeness (QED) is 0.355. The molecule has 0 aromatic carbocycles. The van der Waals surface area contributed by atoms with Crippen molar-refractivity contribution in [2.45, 2.75) is 37.8 Å². The van der Waals surface area contributed by atoms with Gasteiger partial charge in [0.25, 0.3) is 0 Å². The number of aliphatic imine (C=N–C) groups is 1. The van der Waals surface area contributed by atoms with Gasteiger partial charge in [0.2, 0.25) is 0 Å². The Hall–Kier alpha value is -2.02. The van der Waals surface area contributed by atoms with Crippen molar-refractivity contribution in [2.24, 2.45) is 16.5 Å². The molecule has 0 amide bonds. The van der Waals surface area contributed by atoms with Crippen LogP contribution in [0.4, 0.5) is 0 Å². The Labute approximate surface area is 162 Å². The van der Waals surface area contributed by atoms with Crippen LogP contribution in [0.15, 0.2) is 47.0 Å². The fourth-order valence-electron chi connectivity index (χ4n) is 3.08. The first-order chi connectivity index (χ1) is 12.5. The standard InChI is InChI=1S/C18H22Cl2N6/c1-2-15(20)18(25-12-5-3-11(21)4-6-12)26-16(22)14-9-24-17-13(14)7-10(19)8-23-17/h2,7-9,11-12,25H,1,3-6,21H2,(H2,22,26)(H,23,24)/b18-15+. The number of allylic oxidation sites excluding steroid dienone is 2. The molecule has 6 nitrogen and oxygen atoms in total. The molecule has 8 heteroatoms. The molecule has 1 aliphatic rings. The molecule has 0 saturated heterocycles. The average Bonchev–Trinajstić information content (AvgIpc) is 3.05. The van der Waals surface area contributed by atoms with Gasteiger partial charge >= 0.3 is 0 Å². The molecule has 3 rings (SSSR count). The minimum atomic E-state index is 0.258. The average molecular weight is 393 g/mol. The summed E-state index contributed by atoms with van der Waals surface area (Å²) < 4.78 is 0. The van der Waals surface area contributed by atoms with Crippen LogP contribution >= 0.6 is 23.2 Å². The van der Waals surface area contributed by atoms with Gasteiger partial charge < -0.3 is 21.8 Å². The number of aromatic nitrogens is 2. The first-order valence-electron chi connectivity index (χ1n) is 8.49. The minimum Gasteiger partial charge on any atom is -0.383 e. The van der Waals surface area contributed by atoms with E-state index in [-0.39, 0.29) is 12.1 Å². The number of amidine groups is 1. The zero-order chi connectivity index (χ0) is 18.7. The van der Waals surface area contributed by atoms with Crippen LogP contribution in [0.1, 0.15) is 31.2 Å². The molecule has 0 unspecified atom stereocenters. The van der Waals surface area contributed by atoms with E-state index in [2.05, 4.69) is 26.9 Å². The highest BCUT2D eigenvalue weighted by Crippen LogP contribution is 2.23. The summed E-state index contributed by atoms with van der Waals surface area (Å²) in [6.07, 6.45) is 8.76. The number of halogens is 2. The van der Waals surface area contributed by atoms with Gasteiger partial charge in [0.1, 0.15) is 17.3 Å². The van der Waals surface area contributed by atoms with Gasteiger partial charge in [-0.15, -0.1) is 0 Å². The van der Waals surface area contributed by atoms with Crippen molar-refractivity contribution in [3.8, 4) is 0 Å². The maximum absolute atomic E-state index is 6.30. The number of fused-ring (bicyclic) bond motifs is 1. The molecule has 6 N–H and O–H groups in total. The van der Waals surface area contributed by atoms with Crippen molar-refractivity contribution in [1.29, 1.82) is 0 Å². The second-order valence-electron chi connectivity index (χ2n) is 6.41. The van der Waals surface area contributed by atoms with E-state index in [4.69, 9.17) is 34.7 Å². The summed E-state index contributed by atoms with van der Waals surface area (Å²) in [5.41, 5.74) is 13.6. The molecule has 2 aromatic heterocycles. The van der Waals surface area contributed by atoms with Crippen molar-refractivity contribution in [3.63, 3.8) is 0 Å². The molecule has 1 aliphatic carbocycles. The number of H-pyrrole nitrogens is 1. The predicted molar refractivity (Wildman–Crippen MR) is 108 cm³/mol. The maximum atomic E-state index is 6.30. The Kier molecular flexibility index (Phi) is 5.86. The van der Waals surface area contributed by atoms with E-state index in [1.165, 1.54) is 0 Å². The highest BCUT2D eigenvalue weighted by molar-refractivity contribution is 6.32. The fourth-order valence-corrected chi connectivity index (χ4v) is 3.33. The molecular formula is C18H22Cl2N6. The molecule has 0 bridgehead atoms. The van der Waals surface area contributed by atoms with E-state index in [9.17, 15) is 0 Å². The van der Waals surface area contributed by atoms with Gasteiger partial charge in [-0.3, -0.25) is 0 Å². The zero-order valence-electron chi connectivity index (χ0n) is 14.3. The van der Waals surface area contributed by atoms with Crippen molar-refractivity contribution in [1.82, 2.24) is 15.3 Å². The lowest BCUT2D eigenvalue weighted by Gasteiger charge is -2.27. The van der Waals surface area contributed by atoms with Crippen LogP contribution in [0.3, 0.4) is 0 Å². The Morgan fingerprint density at radius 3 is 2.81 bits per heavy atom. The van der Waals surface area contributed by atoms with Crippen molar-refractivity contribution >= 4 is 40.1 Å². The number of pyridine rings is 1. The maximum Gasteiger partial charge on any atom is 0.147 e. The van der Waals surface area contributed by atoms with E-state index in [1.807, 2.05) is 0 Å². The summed E-state index contributed by atoms with van der Waals surface area (Å²) >= 11 is 12.3. The summed E-state index contributed by atoms with van der Waals surface area (Å²) in [5.74, 6) is 0.819. The fraction of sp³-hybridized carbons (Fsp3) is 0.333. The van der Waals surface area contributed by atoms with Crippen molar-refractivity contribution in [3.05, 3.63) is 52.6 Å². The molecular weight excluding hydrogens is 371 g/mol. The van der Waals surface area contributed by atoms with E-state index >= 15 is 0 Å². The molecule has 0 radical (unpaired) electrons. The number of nitrogens with two attached hydrogens (primary N) is 2. The third-order valence-electron chi connectivity index (χ3n) is 4.52. The third-order valence-corrected chi connectivity index (χ3v) is 5.06. The lowest BCUT2D eigenvalue weighted by molar-refractivity contribution is 0.359. The number of hydrogen-bond donors (Lipinski definition) is 4. The van der Waals surface area contributed by atoms with Crippen molar-refractivity contribution < 1.29 is 0 Å². The van der Waals surface area contributed by atoms with Crippen LogP contribution in [0.25, 0.3) is 11.0 Å². The lowest BCUT2D eigenvalue weighted by Crippen LogP contribution is -2.37. The molecule has 1 fully saturated rings. The third kappa shape index (κ3) is 4.20. The topological polar surface area (TPSA) is 105 Å². The van der Waals surface area contributed by atoms with E-state index < -0.39 is 0 Å². The summed E-state index contributed by atoms with van der Waals surface area (Å²) in [4.78, 5) is 11.8. The largest absolute Gasteiger partial charge is 0.383 e. The Morgan fingerprint density at radius 2 is 2.12 bits per heavy atom. The monoisotopic (exact) mass is 392 g/mol. The number of hydrogen-bond acceptors (Lipinski definition) is 4. The molecule has 138 valence electrons. The minimum absolute atomic E-state index is 0.258. The zero-order valence-corrected chi connectivity index (χ0v) is 15.8. The highest BCUT2D eigenvalue weighted by Gasteiger charge is 2.20. The van der Waals surface area contributed by atoms with E-state index in [0.717, 1.165) is 31.1 Å². The molecule has 1 saturated carbocycles. The predicted octanol–water partition coefficient (Wildman–Crippen LogP) is 3.38. The van der Waals surface area contributed by atoms with Crippen LogP contribution in [-0.4, -0.2) is 27.9 Å². The normalized spacial score (nSPS) is 22.2. The first-order valence-corrected chi connectivity index (χ1v) is 9.25. The van der Waals surface area contributed by atoms with Gasteiger partial charge in [-0.25, -0.2) is 9.98 Å². The Balaban J connectivity index is 1.89. The second-order valence-corrected chi connectivity index (χ2v) is 7.25. The van der Waals surface area contributed by atoms with Gasteiger partial charge in [-0.1, -0.05) is 29.8 Å². The van der Waals surface area contributed by atoms with Crippen LogP contribution in [0.5, 0.6) is 0 Å². The molecule has 0 spiro atoms. The van der Waals surface area contributed by atoms with Crippen molar-refractivity contribution in [2.75, 3.05) is 0 Å². The second kappa shape index (κ2) is 8.12. The van der Waals surface area contributed by atoms with Gasteiger partial charge in [-0.05, 0) is 37.8 Å². The van der Waals surface area contributed by atoms with Gasteiger partial charge in [-0.2, -0.15) is 0 Å². The molecule has 0 atom stereocenters. The Morgan fingerprint density at radius 1 is 1.38 bits per heavy atom. The molecule has 2 heterocycles. The van der Waals surface area contributed by atoms with Gasteiger partial charge in [0.05, 0.1) is 10.1 Å². The van der Waals surface area contributed by atoms with Gasteiger partial charge in [0.15, 0.2) is 0 Å². The number of rotatable bonds is 5. The van der Waals surface area contributed by atoms with Crippen LogP contribution in [0.2, 0.25) is 5.02 Å². The SMILES string of the molecule is C=C/C(Cl)=C(\N=C(/N)c1c[nH]c2ncc(Cl)cc12)NC1CCC(N)CC1.